The molecule has 0 bridgehead atoms. The molecule has 146 valence electrons. The Balaban J connectivity index is 2.03. The van der Waals surface area contributed by atoms with Gasteiger partial charge in [-0.05, 0) is 27.7 Å². The van der Waals surface area contributed by atoms with Crippen LogP contribution in [0.3, 0.4) is 0 Å². The molecule has 27 heavy (non-hydrogen) atoms. The second kappa shape index (κ2) is 8.63. The van der Waals surface area contributed by atoms with Crippen LogP contribution in [0.15, 0.2) is 30.3 Å². The SMILES string of the molecule is CC[NH+](CC)CCCn1c(-c2ccccc2)nc(=S)c2c1CC(C)(C)OC2. The molecular weight excluding hydrogens is 354 g/mol. The summed E-state index contributed by atoms with van der Waals surface area (Å²) in [6.07, 6.45) is 2.00. The molecule has 0 amide bonds. The van der Waals surface area contributed by atoms with Crippen LogP contribution in [0.1, 0.15) is 45.4 Å². The van der Waals surface area contributed by atoms with Gasteiger partial charge in [0.05, 0.1) is 31.8 Å². The lowest BCUT2D eigenvalue weighted by atomic mass is 9.95. The topological polar surface area (TPSA) is 31.5 Å². The molecule has 4 nitrogen and oxygen atoms in total. The molecule has 0 saturated heterocycles. The van der Waals surface area contributed by atoms with Crippen molar-refractivity contribution in [3.05, 3.63) is 46.2 Å². The molecule has 3 rings (SSSR count). The maximum absolute atomic E-state index is 6.03. The van der Waals surface area contributed by atoms with Crippen LogP contribution in [0.5, 0.6) is 0 Å². The Kier molecular flexibility index (Phi) is 6.45. The molecule has 2 heterocycles. The third-order valence-corrected chi connectivity index (χ3v) is 5.88. The van der Waals surface area contributed by atoms with Gasteiger partial charge in [0.15, 0.2) is 0 Å². The molecule has 0 saturated carbocycles. The van der Waals surface area contributed by atoms with Crippen LogP contribution in [0.25, 0.3) is 11.4 Å². The van der Waals surface area contributed by atoms with Gasteiger partial charge in [-0.2, -0.15) is 0 Å². The van der Waals surface area contributed by atoms with E-state index in [1.54, 1.807) is 4.90 Å². The van der Waals surface area contributed by atoms with Gasteiger partial charge in [-0.15, -0.1) is 0 Å². The molecule has 0 aliphatic carbocycles. The predicted octanol–water partition coefficient (Wildman–Crippen LogP) is 3.45. The molecule has 1 aliphatic heterocycles. The molecule has 0 radical (unpaired) electrons. The highest BCUT2D eigenvalue weighted by molar-refractivity contribution is 7.71. The van der Waals surface area contributed by atoms with E-state index in [4.69, 9.17) is 21.9 Å². The van der Waals surface area contributed by atoms with Crippen molar-refractivity contribution in [2.45, 2.75) is 59.3 Å². The first-order valence-electron chi connectivity index (χ1n) is 10.1. The largest absolute Gasteiger partial charge is 0.370 e. The number of ether oxygens (including phenoxy) is 1. The molecule has 2 aromatic rings. The average Bonchev–Trinajstić information content (AvgIpc) is 2.66. The van der Waals surface area contributed by atoms with Crippen molar-refractivity contribution in [2.24, 2.45) is 0 Å². The zero-order chi connectivity index (χ0) is 19.4. The van der Waals surface area contributed by atoms with Gasteiger partial charge < -0.3 is 14.2 Å². The Labute approximate surface area is 168 Å². The minimum atomic E-state index is -0.171. The molecule has 1 aliphatic rings. The lowest BCUT2D eigenvalue weighted by molar-refractivity contribution is -0.896. The van der Waals surface area contributed by atoms with Gasteiger partial charge in [-0.1, -0.05) is 42.5 Å². The standard InChI is InChI=1S/C22H31N3OS/c1-5-24(6-2)13-10-14-25-19-15-22(3,4)26-16-18(19)21(27)23-20(25)17-11-8-7-9-12-17/h7-9,11-12H,5-6,10,13-16H2,1-4H3/p+1. The highest BCUT2D eigenvalue weighted by Gasteiger charge is 2.30. The zero-order valence-corrected chi connectivity index (χ0v) is 17.9. The average molecular weight is 387 g/mol. The summed E-state index contributed by atoms with van der Waals surface area (Å²) in [6.45, 7) is 13.9. The lowest BCUT2D eigenvalue weighted by Crippen LogP contribution is -3.11. The van der Waals surface area contributed by atoms with Crippen LogP contribution in [0.4, 0.5) is 0 Å². The minimum absolute atomic E-state index is 0.171. The van der Waals surface area contributed by atoms with Crippen molar-refractivity contribution in [3.8, 4) is 11.4 Å². The first-order valence-corrected chi connectivity index (χ1v) is 10.5. The van der Waals surface area contributed by atoms with E-state index in [1.807, 2.05) is 6.07 Å². The quantitative estimate of drug-likeness (QED) is 0.740. The van der Waals surface area contributed by atoms with Crippen LogP contribution >= 0.6 is 12.2 Å². The molecule has 1 aromatic carbocycles. The van der Waals surface area contributed by atoms with Crippen LogP contribution in [0, 0.1) is 4.64 Å². The van der Waals surface area contributed by atoms with Gasteiger partial charge in [0.1, 0.15) is 10.5 Å². The number of quaternary nitrogens is 1. The Morgan fingerprint density at radius 3 is 2.56 bits per heavy atom. The molecule has 1 aromatic heterocycles. The number of hydrogen-bond acceptors (Lipinski definition) is 3. The van der Waals surface area contributed by atoms with Crippen molar-refractivity contribution in [2.75, 3.05) is 19.6 Å². The first-order chi connectivity index (χ1) is 12.9. The number of nitrogens with zero attached hydrogens (tertiary/aromatic N) is 2. The lowest BCUT2D eigenvalue weighted by Gasteiger charge is -2.34. The molecule has 1 N–H and O–H groups in total. The molecule has 5 heteroatoms. The van der Waals surface area contributed by atoms with Crippen molar-refractivity contribution in [1.82, 2.24) is 9.55 Å². The Morgan fingerprint density at radius 1 is 1.19 bits per heavy atom. The van der Waals surface area contributed by atoms with Gasteiger partial charge >= 0.3 is 0 Å². The van der Waals surface area contributed by atoms with Gasteiger partial charge in [0.2, 0.25) is 0 Å². The molecule has 0 unspecified atom stereocenters. The number of hydrogen-bond donors (Lipinski definition) is 1. The zero-order valence-electron chi connectivity index (χ0n) is 17.0. The fourth-order valence-electron chi connectivity index (χ4n) is 3.85. The number of fused-ring (bicyclic) bond motifs is 1. The summed E-state index contributed by atoms with van der Waals surface area (Å²) in [7, 11) is 0. The number of rotatable bonds is 7. The smallest absolute Gasteiger partial charge is 0.141 e. The summed E-state index contributed by atoms with van der Waals surface area (Å²) in [5, 5.41) is 0. The maximum Gasteiger partial charge on any atom is 0.141 e. The molecule has 0 spiro atoms. The predicted molar refractivity (Wildman–Crippen MR) is 113 cm³/mol. The normalized spacial score (nSPS) is 15.7. The van der Waals surface area contributed by atoms with Crippen molar-refractivity contribution in [1.29, 1.82) is 0 Å². The summed E-state index contributed by atoms with van der Waals surface area (Å²) < 4.78 is 9.12. The number of nitrogens with one attached hydrogen (secondary N) is 1. The van der Waals surface area contributed by atoms with Crippen LogP contribution in [0.2, 0.25) is 0 Å². The summed E-state index contributed by atoms with van der Waals surface area (Å²) in [4.78, 5) is 6.47. The van der Waals surface area contributed by atoms with Crippen LogP contribution in [-0.4, -0.2) is 34.8 Å². The van der Waals surface area contributed by atoms with Crippen molar-refractivity contribution < 1.29 is 9.64 Å². The first kappa shape index (κ1) is 20.2. The monoisotopic (exact) mass is 386 g/mol. The third kappa shape index (κ3) is 4.65. The van der Waals surface area contributed by atoms with E-state index in [0.29, 0.717) is 11.2 Å². The maximum atomic E-state index is 6.03. The fraction of sp³-hybridized carbons (Fsp3) is 0.545. The second-order valence-electron chi connectivity index (χ2n) is 7.97. The number of aromatic nitrogens is 2. The highest BCUT2D eigenvalue weighted by Crippen LogP contribution is 2.31. The van der Waals surface area contributed by atoms with Gasteiger partial charge in [-0.3, -0.25) is 0 Å². The molecule has 0 fully saturated rings. The van der Waals surface area contributed by atoms with E-state index >= 15 is 0 Å². The van der Waals surface area contributed by atoms with E-state index in [9.17, 15) is 0 Å². The van der Waals surface area contributed by atoms with E-state index in [1.165, 1.54) is 25.3 Å². The van der Waals surface area contributed by atoms with Crippen molar-refractivity contribution in [3.63, 3.8) is 0 Å². The van der Waals surface area contributed by atoms with E-state index in [2.05, 4.69) is 56.5 Å². The van der Waals surface area contributed by atoms with Crippen LogP contribution < -0.4 is 4.90 Å². The highest BCUT2D eigenvalue weighted by atomic mass is 32.1. The summed E-state index contributed by atoms with van der Waals surface area (Å²) in [5.41, 5.74) is 3.36. The van der Waals surface area contributed by atoms with Crippen molar-refractivity contribution >= 4 is 12.2 Å². The summed E-state index contributed by atoms with van der Waals surface area (Å²) >= 11 is 5.64. The second-order valence-corrected chi connectivity index (χ2v) is 8.36. The summed E-state index contributed by atoms with van der Waals surface area (Å²) in [6, 6.07) is 10.4. The minimum Gasteiger partial charge on any atom is -0.370 e. The Morgan fingerprint density at radius 2 is 1.89 bits per heavy atom. The number of benzene rings is 1. The molecule has 0 atom stereocenters. The Hall–Kier alpha value is -1.56. The summed E-state index contributed by atoms with van der Waals surface area (Å²) in [5.74, 6) is 0.992. The third-order valence-electron chi connectivity index (χ3n) is 5.54. The van der Waals surface area contributed by atoms with Crippen LogP contribution in [-0.2, 0) is 24.3 Å². The van der Waals surface area contributed by atoms with E-state index in [-0.39, 0.29) is 5.60 Å². The van der Waals surface area contributed by atoms with E-state index < -0.39 is 0 Å². The fourth-order valence-corrected chi connectivity index (χ4v) is 4.11. The Bertz CT molecular complexity index is 825. The van der Waals surface area contributed by atoms with E-state index in [0.717, 1.165) is 36.3 Å². The van der Waals surface area contributed by atoms with Gasteiger partial charge in [-0.25, -0.2) is 4.98 Å². The molecular formula is C22H32N3OS+. The van der Waals surface area contributed by atoms with Gasteiger partial charge in [0.25, 0.3) is 0 Å². The van der Waals surface area contributed by atoms with Gasteiger partial charge in [0, 0.05) is 36.2 Å².